The maximum atomic E-state index is 10.1. The molecule has 0 heterocycles. The molecule has 0 fully saturated rings. The number of aromatic hydroxyl groups is 1. The SMILES string of the molecule is C=C(N=C(CCC)c1ccccc1C(C)CC)c1ccc(Cl)cc1O.CC. The zero-order valence-electron chi connectivity index (χ0n) is 17.2. The first-order valence-electron chi connectivity index (χ1n) is 9.82. The molecule has 27 heavy (non-hydrogen) atoms. The van der Waals surface area contributed by atoms with Crippen molar-refractivity contribution in [3.8, 4) is 5.75 Å². The first kappa shape index (κ1) is 23.0. The van der Waals surface area contributed by atoms with Gasteiger partial charge in [-0.2, -0.15) is 0 Å². The van der Waals surface area contributed by atoms with Crippen molar-refractivity contribution in [1.29, 1.82) is 0 Å². The molecule has 2 nitrogen and oxygen atoms in total. The van der Waals surface area contributed by atoms with Crippen molar-refractivity contribution in [2.75, 3.05) is 0 Å². The Morgan fingerprint density at radius 3 is 2.37 bits per heavy atom. The molecule has 0 radical (unpaired) electrons. The summed E-state index contributed by atoms with van der Waals surface area (Å²) in [6.45, 7) is 14.6. The molecule has 0 saturated heterocycles. The zero-order valence-corrected chi connectivity index (χ0v) is 18.0. The fourth-order valence-corrected chi connectivity index (χ4v) is 3.04. The first-order valence-corrected chi connectivity index (χ1v) is 10.2. The highest BCUT2D eigenvalue weighted by Crippen LogP contribution is 2.30. The minimum atomic E-state index is 0.104. The number of hydrogen-bond acceptors (Lipinski definition) is 2. The van der Waals surface area contributed by atoms with E-state index in [2.05, 4.69) is 51.6 Å². The summed E-state index contributed by atoms with van der Waals surface area (Å²) in [5.74, 6) is 0.572. The quantitative estimate of drug-likeness (QED) is 0.483. The van der Waals surface area contributed by atoms with Crippen molar-refractivity contribution in [3.05, 3.63) is 70.8 Å². The topological polar surface area (TPSA) is 32.6 Å². The molecule has 1 atom stereocenters. The Bertz CT molecular complexity index is 780. The maximum Gasteiger partial charge on any atom is 0.126 e. The van der Waals surface area contributed by atoms with E-state index in [1.54, 1.807) is 12.1 Å². The maximum absolute atomic E-state index is 10.1. The van der Waals surface area contributed by atoms with Crippen LogP contribution in [0.1, 0.15) is 76.5 Å². The molecular formula is C24H32ClNO. The smallest absolute Gasteiger partial charge is 0.126 e. The van der Waals surface area contributed by atoms with Gasteiger partial charge in [0.25, 0.3) is 0 Å². The Morgan fingerprint density at radius 1 is 1.11 bits per heavy atom. The number of phenolic OH excluding ortho intramolecular Hbond substituents is 1. The van der Waals surface area contributed by atoms with Gasteiger partial charge in [0.05, 0.1) is 5.70 Å². The van der Waals surface area contributed by atoms with Crippen LogP contribution >= 0.6 is 11.6 Å². The molecule has 1 N–H and O–H groups in total. The fraction of sp³-hybridized carbons (Fsp3) is 0.375. The summed E-state index contributed by atoms with van der Waals surface area (Å²) in [5, 5.41) is 10.6. The zero-order chi connectivity index (χ0) is 20.4. The highest BCUT2D eigenvalue weighted by molar-refractivity contribution is 6.30. The third-order valence-corrected chi connectivity index (χ3v) is 4.68. The molecule has 0 aromatic heterocycles. The van der Waals surface area contributed by atoms with Crippen LogP contribution in [0.5, 0.6) is 5.75 Å². The number of rotatable bonds is 7. The van der Waals surface area contributed by atoms with Crippen molar-refractivity contribution in [3.63, 3.8) is 0 Å². The molecule has 0 aliphatic heterocycles. The predicted octanol–water partition coefficient (Wildman–Crippen LogP) is 7.85. The third kappa shape index (κ3) is 6.25. The van der Waals surface area contributed by atoms with Crippen LogP contribution in [0.2, 0.25) is 5.02 Å². The van der Waals surface area contributed by atoms with E-state index in [0.29, 0.717) is 22.2 Å². The van der Waals surface area contributed by atoms with E-state index in [1.807, 2.05) is 13.8 Å². The van der Waals surface area contributed by atoms with Crippen LogP contribution < -0.4 is 0 Å². The summed E-state index contributed by atoms with van der Waals surface area (Å²) in [7, 11) is 0. The van der Waals surface area contributed by atoms with E-state index in [1.165, 1.54) is 17.2 Å². The predicted molar refractivity (Wildman–Crippen MR) is 120 cm³/mol. The van der Waals surface area contributed by atoms with Gasteiger partial charge in [-0.1, -0.05) is 83.5 Å². The van der Waals surface area contributed by atoms with E-state index < -0.39 is 0 Å². The highest BCUT2D eigenvalue weighted by Gasteiger charge is 2.14. The monoisotopic (exact) mass is 385 g/mol. The van der Waals surface area contributed by atoms with Gasteiger partial charge in [-0.3, -0.25) is 4.99 Å². The lowest BCUT2D eigenvalue weighted by atomic mass is 9.90. The summed E-state index contributed by atoms with van der Waals surface area (Å²) < 4.78 is 0. The van der Waals surface area contributed by atoms with Gasteiger partial charge in [-0.15, -0.1) is 0 Å². The van der Waals surface area contributed by atoms with Gasteiger partial charge in [-0.25, -0.2) is 0 Å². The van der Waals surface area contributed by atoms with Crippen LogP contribution in [0.25, 0.3) is 5.70 Å². The Morgan fingerprint density at radius 2 is 1.78 bits per heavy atom. The number of halogens is 1. The van der Waals surface area contributed by atoms with Gasteiger partial charge in [0, 0.05) is 16.3 Å². The van der Waals surface area contributed by atoms with Crippen molar-refractivity contribution < 1.29 is 5.11 Å². The molecule has 0 spiro atoms. The normalized spacial score (nSPS) is 12.1. The van der Waals surface area contributed by atoms with E-state index in [4.69, 9.17) is 16.6 Å². The van der Waals surface area contributed by atoms with Crippen molar-refractivity contribution in [2.45, 2.75) is 59.8 Å². The van der Waals surface area contributed by atoms with E-state index in [0.717, 1.165) is 25.0 Å². The molecule has 0 bridgehead atoms. The van der Waals surface area contributed by atoms with Crippen molar-refractivity contribution in [1.82, 2.24) is 0 Å². The Balaban J connectivity index is 0.00000176. The second kappa shape index (κ2) is 11.6. The minimum Gasteiger partial charge on any atom is -0.507 e. The summed E-state index contributed by atoms with van der Waals surface area (Å²) in [5.41, 5.74) is 4.66. The van der Waals surface area contributed by atoms with Crippen LogP contribution in [0, 0.1) is 0 Å². The number of nitrogens with zero attached hydrogens (tertiary/aromatic N) is 1. The summed E-state index contributed by atoms with van der Waals surface area (Å²) in [4.78, 5) is 4.79. The molecule has 0 amide bonds. The summed E-state index contributed by atoms with van der Waals surface area (Å²) >= 11 is 5.92. The molecule has 1 unspecified atom stereocenters. The molecule has 3 heteroatoms. The Labute approximate surface area is 169 Å². The third-order valence-electron chi connectivity index (χ3n) is 4.44. The van der Waals surface area contributed by atoms with Gasteiger partial charge in [0.2, 0.25) is 0 Å². The molecule has 2 aromatic carbocycles. The molecule has 2 aromatic rings. The summed E-state index contributed by atoms with van der Waals surface area (Å²) in [6.07, 6.45) is 2.93. The average molecular weight is 386 g/mol. The van der Waals surface area contributed by atoms with Crippen LogP contribution in [-0.2, 0) is 0 Å². The van der Waals surface area contributed by atoms with Crippen molar-refractivity contribution >= 4 is 23.0 Å². The fourth-order valence-electron chi connectivity index (χ4n) is 2.87. The lowest BCUT2D eigenvalue weighted by Gasteiger charge is -2.17. The Kier molecular flexibility index (Phi) is 9.88. The van der Waals surface area contributed by atoms with Crippen LogP contribution in [0.3, 0.4) is 0 Å². The Hall–Kier alpha value is -2.06. The van der Waals surface area contributed by atoms with Crippen molar-refractivity contribution in [2.24, 2.45) is 4.99 Å². The van der Waals surface area contributed by atoms with Gasteiger partial charge in [-0.05, 0) is 48.1 Å². The molecule has 146 valence electrons. The number of aliphatic imine (C=N–C) groups is 1. The summed E-state index contributed by atoms with van der Waals surface area (Å²) in [6, 6.07) is 13.5. The molecule has 2 rings (SSSR count). The minimum absolute atomic E-state index is 0.104. The van der Waals surface area contributed by atoms with Gasteiger partial charge >= 0.3 is 0 Å². The highest BCUT2D eigenvalue weighted by atomic mass is 35.5. The lowest BCUT2D eigenvalue weighted by Crippen LogP contribution is -2.07. The average Bonchev–Trinajstić information content (AvgIpc) is 2.68. The van der Waals surface area contributed by atoms with Crippen LogP contribution in [0.4, 0.5) is 0 Å². The molecular weight excluding hydrogens is 354 g/mol. The number of phenols is 1. The van der Waals surface area contributed by atoms with Crippen LogP contribution in [-0.4, -0.2) is 10.8 Å². The molecule has 0 saturated carbocycles. The van der Waals surface area contributed by atoms with E-state index in [9.17, 15) is 5.11 Å². The number of benzene rings is 2. The molecule has 0 aliphatic rings. The lowest BCUT2D eigenvalue weighted by molar-refractivity contribution is 0.473. The van der Waals surface area contributed by atoms with Gasteiger partial charge in [0.1, 0.15) is 5.75 Å². The van der Waals surface area contributed by atoms with E-state index in [-0.39, 0.29) is 5.75 Å². The second-order valence-electron chi connectivity index (χ2n) is 6.31. The standard InChI is InChI=1S/C22H26ClNO.C2H6/c1-5-9-21(20-11-8-7-10-18(20)15(3)6-2)24-16(4)19-13-12-17(23)14-22(19)25;1-2/h7-8,10-15,25H,4-6,9H2,1-3H3;1-2H3. The van der Waals surface area contributed by atoms with Crippen LogP contribution in [0.15, 0.2) is 54.0 Å². The van der Waals surface area contributed by atoms with E-state index >= 15 is 0 Å². The van der Waals surface area contributed by atoms with Gasteiger partial charge in [0.15, 0.2) is 0 Å². The molecule has 0 aliphatic carbocycles. The number of hydrogen-bond donors (Lipinski definition) is 1. The van der Waals surface area contributed by atoms with Gasteiger partial charge < -0.3 is 5.11 Å². The first-order chi connectivity index (χ1) is 13.0. The second-order valence-corrected chi connectivity index (χ2v) is 6.75. The largest absolute Gasteiger partial charge is 0.507 e.